The van der Waals surface area contributed by atoms with Gasteiger partial charge in [-0.05, 0) is 27.2 Å². The summed E-state index contributed by atoms with van der Waals surface area (Å²) in [5, 5.41) is 0. The third-order valence-electron chi connectivity index (χ3n) is 3.01. The summed E-state index contributed by atoms with van der Waals surface area (Å²) in [7, 11) is -4.17. The number of hydrogen-bond donors (Lipinski definition) is 1. The van der Waals surface area contributed by atoms with E-state index < -0.39 is 52.4 Å². The number of rotatable bonds is 11. The topological polar surface area (TPSA) is 133 Å². The molecular weight excluding hydrogens is 408 g/mol. The Morgan fingerprint density at radius 2 is 1.41 bits per heavy atom. The standard InChI is InChI=1S/C16H24O9S.Ca.2H/c1-11(2)13(17)24-9-16(5,10-25-14(18)12(3)4)15(19)23-7-6-8-26(20,21)22;;;/h1,3,6-10H2,2,4-5H3,(H,20,21,22);;;/q;+2;2*-1. The Morgan fingerprint density at radius 1 is 1.00 bits per heavy atom. The van der Waals surface area contributed by atoms with Gasteiger partial charge in [-0.1, -0.05) is 13.2 Å². The quantitative estimate of drug-likeness (QED) is 0.126. The third kappa shape index (κ3) is 12.2. The van der Waals surface area contributed by atoms with Gasteiger partial charge >= 0.3 is 55.6 Å². The maximum absolute atomic E-state index is 12.3. The molecule has 0 atom stereocenters. The second kappa shape index (κ2) is 12.5. The molecule has 0 aliphatic rings. The van der Waals surface area contributed by atoms with Gasteiger partial charge in [0.1, 0.15) is 18.6 Å². The molecule has 27 heavy (non-hydrogen) atoms. The fraction of sp³-hybridized carbons (Fsp3) is 0.562. The second-order valence-corrected chi connectivity index (χ2v) is 7.62. The van der Waals surface area contributed by atoms with Gasteiger partial charge in [-0.25, -0.2) is 9.59 Å². The van der Waals surface area contributed by atoms with Gasteiger partial charge in [0.25, 0.3) is 10.1 Å². The van der Waals surface area contributed by atoms with Crippen LogP contribution in [-0.2, 0) is 38.7 Å². The summed E-state index contributed by atoms with van der Waals surface area (Å²) in [6.07, 6.45) is -0.127. The van der Waals surface area contributed by atoms with E-state index in [9.17, 15) is 22.8 Å². The maximum Gasteiger partial charge on any atom is 2.00 e. The van der Waals surface area contributed by atoms with E-state index in [0.717, 1.165) is 0 Å². The van der Waals surface area contributed by atoms with Gasteiger partial charge in [-0.2, -0.15) is 8.42 Å². The van der Waals surface area contributed by atoms with Gasteiger partial charge < -0.3 is 17.1 Å². The summed E-state index contributed by atoms with van der Waals surface area (Å²) in [5.74, 6) is -2.91. The Kier molecular flexibility index (Phi) is 13.1. The average molecular weight is 435 g/mol. The summed E-state index contributed by atoms with van der Waals surface area (Å²) in [5.41, 5.74) is -1.28. The van der Waals surface area contributed by atoms with Crippen molar-refractivity contribution in [3.8, 4) is 0 Å². The zero-order chi connectivity index (χ0) is 20.5. The molecule has 0 heterocycles. The molecule has 0 aliphatic heterocycles. The van der Waals surface area contributed by atoms with Crippen molar-refractivity contribution in [2.45, 2.75) is 27.2 Å². The van der Waals surface area contributed by atoms with Crippen LogP contribution in [0.3, 0.4) is 0 Å². The molecule has 0 aliphatic carbocycles. The number of hydrogen-bond acceptors (Lipinski definition) is 8. The molecule has 0 aromatic carbocycles. The molecule has 0 unspecified atom stereocenters. The van der Waals surface area contributed by atoms with Crippen molar-refractivity contribution in [2.24, 2.45) is 5.41 Å². The van der Waals surface area contributed by atoms with Crippen LogP contribution in [-0.4, -0.2) is 94.2 Å². The summed E-state index contributed by atoms with van der Waals surface area (Å²) in [6, 6.07) is 0. The molecule has 0 fully saturated rings. The van der Waals surface area contributed by atoms with E-state index in [1.54, 1.807) is 0 Å². The van der Waals surface area contributed by atoms with Gasteiger partial charge in [0.2, 0.25) is 0 Å². The van der Waals surface area contributed by atoms with Crippen LogP contribution < -0.4 is 0 Å². The SMILES string of the molecule is C=C(C)C(=O)OCC(C)(COC(=O)C(=C)C)C(=O)OCCCS(=O)(=O)O.[Ca+2].[H-].[H-]. The van der Waals surface area contributed by atoms with Crippen LogP contribution >= 0.6 is 0 Å². The fourth-order valence-corrected chi connectivity index (χ4v) is 1.92. The van der Waals surface area contributed by atoms with Crippen LogP contribution in [0.4, 0.5) is 0 Å². The Balaban J connectivity index is -0.00000104. The summed E-state index contributed by atoms with van der Waals surface area (Å²) < 4.78 is 44.8. The van der Waals surface area contributed by atoms with Gasteiger partial charge in [-0.15, -0.1) is 0 Å². The predicted octanol–water partition coefficient (Wildman–Crippen LogP) is 0.897. The minimum atomic E-state index is -4.17. The summed E-state index contributed by atoms with van der Waals surface area (Å²) in [6.45, 7) is 9.85. The van der Waals surface area contributed by atoms with Crippen molar-refractivity contribution < 1.29 is 44.4 Å². The molecular formula is C16H26CaO9S. The first-order valence-corrected chi connectivity index (χ1v) is 9.17. The van der Waals surface area contributed by atoms with Gasteiger partial charge in [-0.3, -0.25) is 9.35 Å². The maximum atomic E-state index is 12.3. The predicted molar refractivity (Wildman–Crippen MR) is 99.6 cm³/mol. The molecule has 0 amide bonds. The number of carbonyl (C=O) groups excluding carboxylic acids is 3. The van der Waals surface area contributed by atoms with Crippen molar-refractivity contribution in [2.75, 3.05) is 25.6 Å². The van der Waals surface area contributed by atoms with Crippen LogP contribution in [0, 0.1) is 5.41 Å². The van der Waals surface area contributed by atoms with Crippen molar-refractivity contribution in [3.63, 3.8) is 0 Å². The summed E-state index contributed by atoms with van der Waals surface area (Å²) >= 11 is 0. The smallest absolute Gasteiger partial charge is 1.00 e. The molecule has 0 bridgehead atoms. The van der Waals surface area contributed by atoms with Crippen LogP contribution in [0.5, 0.6) is 0 Å². The average Bonchev–Trinajstić information content (AvgIpc) is 2.52. The minimum absolute atomic E-state index is 0. The molecule has 0 radical (unpaired) electrons. The van der Waals surface area contributed by atoms with E-state index in [1.807, 2.05) is 0 Å². The molecule has 0 aromatic rings. The van der Waals surface area contributed by atoms with Crippen molar-refractivity contribution >= 4 is 65.8 Å². The van der Waals surface area contributed by atoms with Gasteiger partial charge in [0, 0.05) is 11.1 Å². The molecule has 0 spiro atoms. The Hall–Kier alpha value is -0.940. The van der Waals surface area contributed by atoms with Gasteiger partial charge in [0.15, 0.2) is 0 Å². The fourth-order valence-electron chi connectivity index (χ4n) is 1.44. The molecule has 1 N–H and O–H groups in total. The van der Waals surface area contributed by atoms with Crippen LogP contribution in [0.15, 0.2) is 24.3 Å². The minimum Gasteiger partial charge on any atom is -1.00 e. The zero-order valence-electron chi connectivity index (χ0n) is 17.8. The summed E-state index contributed by atoms with van der Waals surface area (Å²) in [4.78, 5) is 35.4. The number of ether oxygens (including phenoxy) is 3. The molecule has 152 valence electrons. The van der Waals surface area contributed by atoms with Crippen molar-refractivity contribution in [3.05, 3.63) is 24.3 Å². The van der Waals surface area contributed by atoms with Crippen LogP contribution in [0.25, 0.3) is 0 Å². The van der Waals surface area contributed by atoms with E-state index in [1.165, 1.54) is 20.8 Å². The van der Waals surface area contributed by atoms with Crippen LogP contribution in [0.2, 0.25) is 0 Å². The first-order chi connectivity index (χ1) is 11.8. The Bertz CT molecular complexity index is 663. The van der Waals surface area contributed by atoms with E-state index >= 15 is 0 Å². The first-order valence-electron chi connectivity index (χ1n) is 7.56. The molecule has 11 heteroatoms. The van der Waals surface area contributed by atoms with E-state index in [2.05, 4.69) is 13.2 Å². The second-order valence-electron chi connectivity index (χ2n) is 6.05. The molecule has 9 nitrogen and oxygen atoms in total. The molecule has 0 rings (SSSR count). The van der Waals surface area contributed by atoms with E-state index in [0.29, 0.717) is 0 Å². The van der Waals surface area contributed by atoms with Crippen LogP contribution in [0.1, 0.15) is 30.0 Å². The normalized spacial score (nSPS) is 11.0. The first kappa shape index (κ1) is 28.3. The molecule has 0 saturated carbocycles. The Labute approximate surface area is 191 Å². The van der Waals surface area contributed by atoms with Gasteiger partial charge in [0.05, 0.1) is 12.4 Å². The van der Waals surface area contributed by atoms with E-state index in [-0.39, 0.29) is 64.8 Å². The van der Waals surface area contributed by atoms with Crippen molar-refractivity contribution in [1.82, 2.24) is 0 Å². The number of carbonyl (C=O) groups is 3. The third-order valence-corrected chi connectivity index (χ3v) is 3.82. The molecule has 0 aromatic heterocycles. The zero-order valence-corrected chi connectivity index (χ0v) is 18.8. The van der Waals surface area contributed by atoms with Crippen molar-refractivity contribution in [1.29, 1.82) is 0 Å². The number of esters is 3. The monoisotopic (exact) mass is 434 g/mol. The molecule has 0 saturated heterocycles. The van der Waals surface area contributed by atoms with E-state index in [4.69, 9.17) is 18.8 Å². The largest absolute Gasteiger partial charge is 2.00 e. The Morgan fingerprint density at radius 3 is 1.74 bits per heavy atom.